The summed E-state index contributed by atoms with van der Waals surface area (Å²) >= 11 is 12.3. The van der Waals surface area contributed by atoms with Crippen molar-refractivity contribution in [1.82, 2.24) is 4.72 Å². The van der Waals surface area contributed by atoms with E-state index in [1.165, 1.54) is 35.2 Å². The van der Waals surface area contributed by atoms with Gasteiger partial charge in [0, 0.05) is 24.5 Å². The van der Waals surface area contributed by atoms with Gasteiger partial charge in [-0.1, -0.05) is 23.2 Å². The number of sulfonamides is 1. The van der Waals surface area contributed by atoms with Crippen LogP contribution in [-0.2, 0) is 10.0 Å². The van der Waals surface area contributed by atoms with Crippen LogP contribution in [0.3, 0.4) is 0 Å². The van der Waals surface area contributed by atoms with Gasteiger partial charge >= 0.3 is 6.03 Å². The summed E-state index contributed by atoms with van der Waals surface area (Å²) in [7, 11) is -2.61. The summed E-state index contributed by atoms with van der Waals surface area (Å²) in [5.41, 5.74) is 0.966. The van der Waals surface area contributed by atoms with Gasteiger partial charge in [-0.15, -0.1) is 11.3 Å². The van der Waals surface area contributed by atoms with Crippen molar-refractivity contribution < 1.29 is 27.1 Å². The first-order chi connectivity index (χ1) is 16.1. The van der Waals surface area contributed by atoms with E-state index in [9.17, 15) is 22.4 Å². The van der Waals surface area contributed by atoms with Gasteiger partial charge in [-0.25, -0.2) is 22.3 Å². The number of rotatable bonds is 5. The number of nitrogens with one attached hydrogen (secondary N) is 3. The van der Waals surface area contributed by atoms with Crippen molar-refractivity contribution in [3.05, 3.63) is 63.2 Å². The lowest BCUT2D eigenvalue weighted by Crippen LogP contribution is -2.38. The maximum Gasteiger partial charge on any atom is 0.333 e. The number of hydrogen-bond donors (Lipinski definition) is 3. The second-order valence-electron chi connectivity index (χ2n) is 6.88. The first-order valence-corrected chi connectivity index (χ1v) is 12.5. The standard InChI is InChI=1S/C20H15Cl2FN4O5S2/c1-24-15-8-16-12(6-14(15)23)19(28)27(9-32-16)11-4-2-10(3-5-11)25-20(29)26-34(30,31)17-7-13(21)18(22)33-17/h2-8,24H,9H2,1H3,(H2,25,26,29). The number of thiophene rings is 1. The number of nitrogens with zero attached hydrogens (tertiary/aromatic N) is 1. The van der Waals surface area contributed by atoms with Crippen molar-refractivity contribution >= 4 is 73.6 Å². The molecule has 2 aromatic carbocycles. The number of carbonyl (C=O) groups excluding carboxylic acids is 2. The van der Waals surface area contributed by atoms with Crippen LogP contribution in [-0.4, -0.2) is 34.1 Å². The van der Waals surface area contributed by atoms with Gasteiger partial charge in [0.2, 0.25) is 0 Å². The molecule has 0 saturated heterocycles. The SMILES string of the molecule is CNc1cc2c(cc1F)C(=O)N(c1ccc(NC(=O)NS(=O)(=O)c3cc(Cl)c(Cl)s3)cc1)CO2. The van der Waals surface area contributed by atoms with Crippen molar-refractivity contribution in [1.29, 1.82) is 0 Å². The maximum absolute atomic E-state index is 14.1. The lowest BCUT2D eigenvalue weighted by molar-refractivity contribution is 0.0936. The largest absolute Gasteiger partial charge is 0.472 e. The van der Waals surface area contributed by atoms with Gasteiger partial charge in [-0.05, 0) is 36.4 Å². The van der Waals surface area contributed by atoms with Crippen LogP contribution >= 0.6 is 34.5 Å². The fourth-order valence-electron chi connectivity index (χ4n) is 3.07. The Kier molecular flexibility index (Phi) is 6.58. The fourth-order valence-corrected chi connectivity index (χ4v) is 5.86. The minimum atomic E-state index is -4.17. The van der Waals surface area contributed by atoms with E-state index >= 15 is 0 Å². The molecule has 3 N–H and O–H groups in total. The Morgan fingerprint density at radius 3 is 2.50 bits per heavy atom. The maximum atomic E-state index is 14.1. The molecule has 1 aromatic heterocycles. The molecule has 1 aliphatic heterocycles. The minimum Gasteiger partial charge on any atom is -0.472 e. The predicted molar refractivity (Wildman–Crippen MR) is 128 cm³/mol. The molecule has 34 heavy (non-hydrogen) atoms. The molecule has 0 saturated carbocycles. The van der Waals surface area contributed by atoms with E-state index in [0.717, 1.165) is 12.1 Å². The average molecular weight is 545 g/mol. The van der Waals surface area contributed by atoms with Crippen molar-refractivity contribution in [2.45, 2.75) is 4.21 Å². The highest BCUT2D eigenvalue weighted by Crippen LogP contribution is 2.34. The third kappa shape index (κ3) is 4.75. The molecule has 0 radical (unpaired) electrons. The van der Waals surface area contributed by atoms with Crippen LogP contribution in [0.2, 0.25) is 9.36 Å². The van der Waals surface area contributed by atoms with Gasteiger partial charge in [-0.2, -0.15) is 0 Å². The van der Waals surface area contributed by atoms with E-state index in [1.54, 1.807) is 7.05 Å². The zero-order valence-electron chi connectivity index (χ0n) is 17.2. The number of urea groups is 1. The zero-order valence-corrected chi connectivity index (χ0v) is 20.3. The Balaban J connectivity index is 1.45. The Labute approximate surface area is 207 Å². The lowest BCUT2D eigenvalue weighted by atomic mass is 10.1. The number of carbonyl (C=O) groups is 2. The molecule has 2 heterocycles. The molecule has 3 aromatic rings. The van der Waals surface area contributed by atoms with Crippen molar-refractivity contribution in [2.75, 3.05) is 29.3 Å². The van der Waals surface area contributed by atoms with E-state index in [2.05, 4.69) is 10.6 Å². The molecule has 178 valence electrons. The Hall–Kier alpha value is -3.06. The third-order valence-electron chi connectivity index (χ3n) is 4.71. The second-order valence-corrected chi connectivity index (χ2v) is 10.8. The summed E-state index contributed by atoms with van der Waals surface area (Å²) in [5, 5.41) is 5.13. The van der Waals surface area contributed by atoms with Gasteiger partial charge in [0.1, 0.15) is 20.1 Å². The van der Waals surface area contributed by atoms with E-state index in [-0.39, 0.29) is 43.0 Å². The average Bonchev–Trinajstić information content (AvgIpc) is 3.14. The summed E-state index contributed by atoms with van der Waals surface area (Å²) in [6.07, 6.45) is 0. The second kappa shape index (κ2) is 9.29. The van der Waals surface area contributed by atoms with Crippen LogP contribution in [0.1, 0.15) is 10.4 Å². The molecular formula is C20H15Cl2FN4O5S2. The van der Waals surface area contributed by atoms with Crippen molar-refractivity contribution in [2.24, 2.45) is 0 Å². The molecule has 0 atom stereocenters. The predicted octanol–water partition coefficient (Wildman–Crippen LogP) is 4.74. The van der Waals surface area contributed by atoms with Crippen LogP contribution in [0.4, 0.5) is 26.2 Å². The molecule has 9 nitrogen and oxygen atoms in total. The number of fused-ring (bicyclic) bond motifs is 1. The van der Waals surface area contributed by atoms with E-state index < -0.39 is 27.8 Å². The van der Waals surface area contributed by atoms with Crippen LogP contribution in [0.15, 0.2) is 46.7 Å². The molecular weight excluding hydrogens is 530 g/mol. The van der Waals surface area contributed by atoms with E-state index in [0.29, 0.717) is 17.0 Å². The van der Waals surface area contributed by atoms with Crippen LogP contribution in [0.5, 0.6) is 5.75 Å². The van der Waals surface area contributed by atoms with Crippen LogP contribution in [0, 0.1) is 5.82 Å². The number of hydrogen-bond acceptors (Lipinski definition) is 7. The summed E-state index contributed by atoms with van der Waals surface area (Å²) in [6, 6.07) is 8.63. The smallest absolute Gasteiger partial charge is 0.333 e. The minimum absolute atomic E-state index is 0.0621. The summed E-state index contributed by atoms with van der Waals surface area (Å²) < 4.78 is 46.0. The summed E-state index contributed by atoms with van der Waals surface area (Å²) in [4.78, 5) is 26.3. The van der Waals surface area contributed by atoms with Gasteiger partial charge in [0.25, 0.3) is 15.9 Å². The van der Waals surface area contributed by atoms with E-state index in [4.69, 9.17) is 27.9 Å². The Bertz CT molecular complexity index is 1380. The van der Waals surface area contributed by atoms with Gasteiger partial charge in [-0.3, -0.25) is 9.69 Å². The number of anilines is 3. The van der Waals surface area contributed by atoms with Crippen molar-refractivity contribution in [3.8, 4) is 5.75 Å². The Morgan fingerprint density at radius 1 is 1.18 bits per heavy atom. The molecule has 0 bridgehead atoms. The third-order valence-corrected chi connectivity index (χ3v) is 8.38. The van der Waals surface area contributed by atoms with Gasteiger partial charge in [0.05, 0.1) is 16.3 Å². The molecule has 14 heteroatoms. The highest BCUT2D eigenvalue weighted by atomic mass is 35.5. The van der Waals surface area contributed by atoms with Crippen molar-refractivity contribution in [3.63, 3.8) is 0 Å². The first-order valence-electron chi connectivity index (χ1n) is 9.43. The molecule has 0 spiro atoms. The first kappa shape index (κ1) is 24.1. The number of benzene rings is 2. The highest BCUT2D eigenvalue weighted by Gasteiger charge is 2.28. The van der Waals surface area contributed by atoms with E-state index in [1.807, 2.05) is 4.72 Å². The lowest BCUT2D eigenvalue weighted by Gasteiger charge is -2.29. The highest BCUT2D eigenvalue weighted by molar-refractivity contribution is 7.92. The molecule has 1 aliphatic rings. The molecule has 0 unspecified atom stereocenters. The molecule has 0 aliphatic carbocycles. The zero-order chi connectivity index (χ0) is 24.6. The fraction of sp³-hybridized carbons (Fsp3) is 0.100. The van der Waals surface area contributed by atoms with Gasteiger partial charge in [0.15, 0.2) is 6.73 Å². The molecule has 4 rings (SSSR count). The molecule has 3 amide bonds. The van der Waals surface area contributed by atoms with Crippen LogP contribution < -0.4 is 25.0 Å². The normalized spacial score (nSPS) is 13.2. The summed E-state index contributed by atoms with van der Waals surface area (Å²) in [6.45, 7) is -0.0991. The quantitative estimate of drug-likeness (QED) is 0.427. The number of amides is 3. The van der Waals surface area contributed by atoms with Crippen LogP contribution in [0.25, 0.3) is 0 Å². The number of halogens is 3. The number of ether oxygens (including phenoxy) is 1. The van der Waals surface area contributed by atoms with Gasteiger partial charge < -0.3 is 15.4 Å². The molecule has 0 fully saturated rings. The topological polar surface area (TPSA) is 117 Å². The summed E-state index contributed by atoms with van der Waals surface area (Å²) in [5.74, 6) is -0.787. The monoisotopic (exact) mass is 544 g/mol. The Morgan fingerprint density at radius 2 is 1.88 bits per heavy atom.